The largest absolute Gasteiger partial charge is 0.378 e. The van der Waals surface area contributed by atoms with E-state index in [1.807, 2.05) is 0 Å². The first-order valence-electron chi connectivity index (χ1n) is 7.46. The minimum Gasteiger partial charge on any atom is -0.378 e. The molecule has 2 heteroatoms. The lowest BCUT2D eigenvalue weighted by molar-refractivity contribution is 1.13. The van der Waals surface area contributed by atoms with Gasteiger partial charge in [-0.25, -0.2) is 0 Å². The molecule has 0 fully saturated rings. The lowest BCUT2D eigenvalue weighted by Gasteiger charge is -2.12. The van der Waals surface area contributed by atoms with Gasteiger partial charge in [0.05, 0.1) is 0 Å². The van der Waals surface area contributed by atoms with E-state index in [0.717, 1.165) is 0 Å². The van der Waals surface area contributed by atoms with Crippen LogP contribution in [0.5, 0.6) is 0 Å². The highest BCUT2D eigenvalue weighted by Gasteiger charge is 1.95. The van der Waals surface area contributed by atoms with E-state index in [1.165, 1.54) is 22.5 Å². The van der Waals surface area contributed by atoms with Crippen molar-refractivity contribution in [2.75, 3.05) is 38.0 Å². The van der Waals surface area contributed by atoms with Crippen molar-refractivity contribution in [2.45, 2.75) is 0 Å². The van der Waals surface area contributed by atoms with Crippen molar-refractivity contribution >= 4 is 23.5 Å². The van der Waals surface area contributed by atoms with E-state index >= 15 is 0 Å². The quantitative estimate of drug-likeness (QED) is 0.746. The van der Waals surface area contributed by atoms with Crippen molar-refractivity contribution in [2.24, 2.45) is 0 Å². The number of hydrogen-bond donors (Lipinski definition) is 0. The fourth-order valence-electron chi connectivity index (χ4n) is 2.15. The van der Waals surface area contributed by atoms with E-state index in [1.54, 1.807) is 0 Å². The molecule has 0 heterocycles. The second-order valence-electron chi connectivity index (χ2n) is 5.70. The van der Waals surface area contributed by atoms with Crippen LogP contribution < -0.4 is 9.80 Å². The molecule has 0 radical (unpaired) electrons. The maximum absolute atomic E-state index is 2.18. The van der Waals surface area contributed by atoms with Crippen LogP contribution in [0.2, 0.25) is 0 Å². The summed E-state index contributed by atoms with van der Waals surface area (Å²) in [5, 5.41) is 0. The maximum Gasteiger partial charge on any atom is 0.0367 e. The van der Waals surface area contributed by atoms with Gasteiger partial charge in [0.15, 0.2) is 0 Å². The topological polar surface area (TPSA) is 6.48 Å². The summed E-state index contributed by atoms with van der Waals surface area (Å²) in [7, 11) is 8.22. The molecule has 114 valence electrons. The molecular weight excluding hydrogens is 268 g/mol. The van der Waals surface area contributed by atoms with Gasteiger partial charge in [-0.05, 0) is 35.4 Å². The highest BCUT2D eigenvalue weighted by atomic mass is 15.1. The Morgan fingerprint density at radius 2 is 1.05 bits per heavy atom. The number of rotatable bonds is 5. The summed E-state index contributed by atoms with van der Waals surface area (Å²) < 4.78 is 0. The molecule has 0 amide bonds. The first-order chi connectivity index (χ1) is 10.6. The molecule has 0 spiro atoms. The van der Waals surface area contributed by atoms with Crippen molar-refractivity contribution in [3.63, 3.8) is 0 Å². The Morgan fingerprint density at radius 1 is 0.636 bits per heavy atom. The monoisotopic (exact) mass is 292 g/mol. The molecule has 2 rings (SSSR count). The Balaban J connectivity index is 2.05. The van der Waals surface area contributed by atoms with Crippen molar-refractivity contribution in [1.29, 1.82) is 0 Å². The average molecular weight is 292 g/mol. The van der Waals surface area contributed by atoms with E-state index in [4.69, 9.17) is 0 Å². The van der Waals surface area contributed by atoms with Crippen LogP contribution in [-0.4, -0.2) is 28.2 Å². The molecule has 0 aromatic heterocycles. The summed E-state index contributed by atoms with van der Waals surface area (Å²) in [4.78, 5) is 4.22. The Hall–Kier alpha value is -2.48. The van der Waals surface area contributed by atoms with Crippen molar-refractivity contribution in [3.8, 4) is 0 Å². The SMILES string of the molecule is CN(C)c1cccc(/C=C\C=C/c2cccc(N(C)C)c2)c1. The van der Waals surface area contributed by atoms with Gasteiger partial charge in [0, 0.05) is 39.6 Å². The molecule has 0 atom stereocenters. The fraction of sp³-hybridized carbons (Fsp3) is 0.200. The predicted molar refractivity (Wildman–Crippen MR) is 99.6 cm³/mol. The number of hydrogen-bond acceptors (Lipinski definition) is 2. The number of allylic oxidation sites excluding steroid dienone is 2. The standard InChI is InChI=1S/C20H24N2/c1-21(2)19-13-7-11-17(15-19)9-5-6-10-18-12-8-14-20(16-18)22(3)4/h5-16H,1-4H3/b9-5-,10-6-. The molecule has 0 saturated carbocycles. The van der Waals surface area contributed by atoms with E-state index in [0.29, 0.717) is 0 Å². The zero-order valence-corrected chi connectivity index (χ0v) is 13.8. The summed E-state index contributed by atoms with van der Waals surface area (Å²) in [5.41, 5.74) is 4.84. The Bertz CT molecular complexity index is 607. The van der Waals surface area contributed by atoms with Crippen LogP contribution in [0, 0.1) is 0 Å². The van der Waals surface area contributed by atoms with Gasteiger partial charge in [0.1, 0.15) is 0 Å². The molecule has 0 saturated heterocycles. The summed E-state index contributed by atoms with van der Waals surface area (Å²) >= 11 is 0. The molecule has 22 heavy (non-hydrogen) atoms. The first-order valence-corrected chi connectivity index (χ1v) is 7.46. The summed E-state index contributed by atoms with van der Waals surface area (Å²) in [6.07, 6.45) is 8.41. The van der Waals surface area contributed by atoms with Crippen LogP contribution in [0.1, 0.15) is 11.1 Å². The van der Waals surface area contributed by atoms with Gasteiger partial charge >= 0.3 is 0 Å². The lowest BCUT2D eigenvalue weighted by atomic mass is 10.1. The van der Waals surface area contributed by atoms with Gasteiger partial charge in [-0.1, -0.05) is 48.6 Å². The molecule has 0 aliphatic carbocycles. The van der Waals surface area contributed by atoms with Crippen LogP contribution in [0.3, 0.4) is 0 Å². The summed E-state index contributed by atoms with van der Waals surface area (Å²) in [5.74, 6) is 0. The van der Waals surface area contributed by atoms with E-state index < -0.39 is 0 Å². The molecule has 0 aliphatic heterocycles. The van der Waals surface area contributed by atoms with Crippen LogP contribution >= 0.6 is 0 Å². The zero-order valence-electron chi connectivity index (χ0n) is 13.8. The average Bonchev–Trinajstić information content (AvgIpc) is 2.52. The van der Waals surface area contributed by atoms with Crippen LogP contribution in [0.15, 0.2) is 60.7 Å². The van der Waals surface area contributed by atoms with Gasteiger partial charge in [-0.3, -0.25) is 0 Å². The minimum absolute atomic E-state index is 1.21. The summed E-state index contributed by atoms with van der Waals surface area (Å²) in [6, 6.07) is 17.0. The Kier molecular flexibility index (Phi) is 5.42. The molecule has 2 aromatic rings. The highest BCUT2D eigenvalue weighted by Crippen LogP contribution is 2.16. The van der Waals surface area contributed by atoms with Crippen molar-refractivity contribution in [3.05, 3.63) is 71.8 Å². The molecule has 0 bridgehead atoms. The van der Waals surface area contributed by atoms with Gasteiger partial charge in [0.2, 0.25) is 0 Å². The smallest absolute Gasteiger partial charge is 0.0367 e. The van der Waals surface area contributed by atoms with Crippen molar-refractivity contribution < 1.29 is 0 Å². The molecule has 2 nitrogen and oxygen atoms in total. The van der Waals surface area contributed by atoms with Gasteiger partial charge in [-0.15, -0.1) is 0 Å². The van der Waals surface area contributed by atoms with Crippen molar-refractivity contribution in [1.82, 2.24) is 0 Å². The van der Waals surface area contributed by atoms with Gasteiger partial charge in [0.25, 0.3) is 0 Å². The Morgan fingerprint density at radius 3 is 1.41 bits per heavy atom. The molecular formula is C20H24N2. The predicted octanol–water partition coefficient (Wildman–Crippen LogP) is 4.55. The lowest BCUT2D eigenvalue weighted by Crippen LogP contribution is -2.08. The maximum atomic E-state index is 2.18. The van der Waals surface area contributed by atoms with E-state index in [2.05, 4.69) is 111 Å². The third-order valence-electron chi connectivity index (χ3n) is 3.46. The number of benzene rings is 2. The van der Waals surface area contributed by atoms with E-state index in [-0.39, 0.29) is 0 Å². The zero-order chi connectivity index (χ0) is 15.9. The second-order valence-corrected chi connectivity index (χ2v) is 5.70. The highest BCUT2D eigenvalue weighted by molar-refractivity contribution is 5.62. The number of anilines is 2. The Labute approximate surface area is 134 Å². The van der Waals surface area contributed by atoms with Gasteiger partial charge < -0.3 is 9.80 Å². The first kappa shape index (κ1) is 15.9. The minimum atomic E-state index is 1.21. The van der Waals surface area contributed by atoms with Crippen LogP contribution in [0.4, 0.5) is 11.4 Å². The summed E-state index contributed by atoms with van der Waals surface area (Å²) in [6.45, 7) is 0. The van der Waals surface area contributed by atoms with Crippen LogP contribution in [0.25, 0.3) is 12.2 Å². The van der Waals surface area contributed by atoms with Gasteiger partial charge in [-0.2, -0.15) is 0 Å². The molecule has 0 unspecified atom stereocenters. The number of nitrogens with zero attached hydrogens (tertiary/aromatic N) is 2. The van der Waals surface area contributed by atoms with Crippen LogP contribution in [-0.2, 0) is 0 Å². The third-order valence-corrected chi connectivity index (χ3v) is 3.46. The third kappa shape index (κ3) is 4.52. The second kappa shape index (κ2) is 7.51. The molecule has 0 N–H and O–H groups in total. The molecule has 0 aliphatic rings. The molecule has 2 aromatic carbocycles. The fourth-order valence-corrected chi connectivity index (χ4v) is 2.15. The van der Waals surface area contributed by atoms with E-state index in [9.17, 15) is 0 Å². The normalized spacial score (nSPS) is 11.3.